The van der Waals surface area contributed by atoms with Crippen molar-refractivity contribution >= 4 is 11.8 Å². The van der Waals surface area contributed by atoms with Crippen LogP contribution in [0.15, 0.2) is 18.2 Å². The molecule has 2 rings (SSSR count). The highest BCUT2D eigenvalue weighted by molar-refractivity contribution is 5.87. The first-order valence-electron chi connectivity index (χ1n) is 7.38. The van der Waals surface area contributed by atoms with Gasteiger partial charge in [0.1, 0.15) is 11.4 Å². The number of carbonyl (C=O) groups excluding carboxylic acids is 1. The second kappa shape index (κ2) is 6.02. The average Bonchev–Trinajstić information content (AvgIpc) is 2.70. The van der Waals surface area contributed by atoms with Crippen molar-refractivity contribution in [1.29, 1.82) is 0 Å². The third kappa shape index (κ3) is 4.09. The SMILES string of the molecule is Cc1cc(F)c(-c2cc(C)n(C)n2)cc1NC(=O)OC(C)(C)C. The number of amides is 1. The lowest BCUT2D eigenvalue weighted by molar-refractivity contribution is 0.0636. The van der Waals surface area contributed by atoms with Crippen molar-refractivity contribution in [2.45, 2.75) is 40.2 Å². The van der Waals surface area contributed by atoms with E-state index >= 15 is 0 Å². The standard InChI is InChI=1S/C17H22FN3O2/c1-10-7-13(18)12(15-8-11(2)21(6)20-15)9-14(10)19-16(22)23-17(3,4)5/h7-9H,1-6H3,(H,19,22). The molecule has 0 fully saturated rings. The molecule has 0 aliphatic rings. The summed E-state index contributed by atoms with van der Waals surface area (Å²) in [4.78, 5) is 11.9. The summed E-state index contributed by atoms with van der Waals surface area (Å²) in [6, 6.07) is 4.76. The molecule has 0 saturated heterocycles. The van der Waals surface area contributed by atoms with Crippen LogP contribution >= 0.6 is 0 Å². The lowest BCUT2D eigenvalue weighted by Crippen LogP contribution is -2.27. The summed E-state index contributed by atoms with van der Waals surface area (Å²) in [5.74, 6) is -0.379. The first-order valence-corrected chi connectivity index (χ1v) is 7.38. The minimum Gasteiger partial charge on any atom is -0.444 e. The molecule has 0 aliphatic heterocycles. The Balaban J connectivity index is 2.35. The van der Waals surface area contributed by atoms with E-state index in [4.69, 9.17) is 4.74 Å². The Morgan fingerprint density at radius 2 is 1.91 bits per heavy atom. The van der Waals surface area contributed by atoms with Crippen LogP contribution in [0.2, 0.25) is 0 Å². The molecular formula is C17H22FN3O2. The van der Waals surface area contributed by atoms with Gasteiger partial charge in [0.15, 0.2) is 0 Å². The Bertz CT molecular complexity index is 726. The van der Waals surface area contributed by atoms with Crippen molar-refractivity contribution in [2.75, 3.05) is 5.32 Å². The number of halogens is 1. The molecule has 1 aromatic heterocycles. The third-order valence-corrected chi connectivity index (χ3v) is 3.34. The van der Waals surface area contributed by atoms with Crippen LogP contribution in [0.25, 0.3) is 11.3 Å². The van der Waals surface area contributed by atoms with Crippen LogP contribution in [0, 0.1) is 19.7 Å². The zero-order valence-electron chi connectivity index (χ0n) is 14.3. The Labute approximate surface area is 135 Å². The van der Waals surface area contributed by atoms with Gasteiger partial charge in [0.2, 0.25) is 0 Å². The molecule has 0 radical (unpaired) electrons. The van der Waals surface area contributed by atoms with Gasteiger partial charge in [0.05, 0.1) is 5.69 Å². The van der Waals surface area contributed by atoms with E-state index in [1.165, 1.54) is 6.07 Å². The van der Waals surface area contributed by atoms with Crippen molar-refractivity contribution in [3.05, 3.63) is 35.3 Å². The van der Waals surface area contributed by atoms with Gasteiger partial charge < -0.3 is 4.74 Å². The Morgan fingerprint density at radius 1 is 1.26 bits per heavy atom. The number of ether oxygens (including phenoxy) is 1. The average molecular weight is 319 g/mol. The summed E-state index contributed by atoms with van der Waals surface area (Å²) in [6.07, 6.45) is -0.574. The van der Waals surface area contributed by atoms with Crippen molar-refractivity contribution < 1.29 is 13.9 Å². The van der Waals surface area contributed by atoms with Crippen LogP contribution in [0.5, 0.6) is 0 Å². The van der Waals surface area contributed by atoms with Crippen LogP contribution in [0.4, 0.5) is 14.9 Å². The molecule has 124 valence electrons. The summed E-state index contributed by atoms with van der Waals surface area (Å²) in [5.41, 5.74) is 2.30. The molecule has 23 heavy (non-hydrogen) atoms. The van der Waals surface area contributed by atoms with E-state index in [0.29, 0.717) is 22.5 Å². The number of aryl methyl sites for hydroxylation is 3. The van der Waals surface area contributed by atoms with Crippen LogP contribution in [-0.4, -0.2) is 21.5 Å². The predicted octanol–water partition coefficient (Wildman–Crippen LogP) is 4.19. The molecule has 6 heteroatoms. The van der Waals surface area contributed by atoms with Gasteiger partial charge in [-0.25, -0.2) is 9.18 Å². The second-order valence-corrected chi connectivity index (χ2v) is 6.57. The van der Waals surface area contributed by atoms with Gasteiger partial charge in [-0.3, -0.25) is 10.00 Å². The zero-order valence-corrected chi connectivity index (χ0v) is 14.3. The highest BCUT2D eigenvalue weighted by Gasteiger charge is 2.18. The number of aromatic nitrogens is 2. The van der Waals surface area contributed by atoms with E-state index < -0.39 is 11.7 Å². The summed E-state index contributed by atoms with van der Waals surface area (Å²) in [7, 11) is 1.80. The van der Waals surface area contributed by atoms with E-state index in [9.17, 15) is 9.18 Å². The maximum absolute atomic E-state index is 14.3. The van der Waals surface area contributed by atoms with Crippen molar-refractivity contribution in [2.24, 2.45) is 7.05 Å². The normalized spacial score (nSPS) is 11.4. The number of nitrogens with one attached hydrogen (secondary N) is 1. The highest BCUT2D eigenvalue weighted by atomic mass is 19.1. The first-order chi connectivity index (χ1) is 10.6. The number of hydrogen-bond donors (Lipinski definition) is 1. The molecular weight excluding hydrogens is 297 g/mol. The van der Waals surface area contributed by atoms with Gasteiger partial charge in [-0.15, -0.1) is 0 Å². The fraction of sp³-hybridized carbons (Fsp3) is 0.412. The maximum atomic E-state index is 14.3. The molecule has 5 nitrogen and oxygen atoms in total. The van der Waals surface area contributed by atoms with E-state index in [2.05, 4.69) is 10.4 Å². The number of benzene rings is 1. The first kappa shape index (κ1) is 17.0. The number of hydrogen-bond acceptors (Lipinski definition) is 3. The fourth-order valence-electron chi connectivity index (χ4n) is 2.11. The van der Waals surface area contributed by atoms with Crippen molar-refractivity contribution in [1.82, 2.24) is 9.78 Å². The second-order valence-electron chi connectivity index (χ2n) is 6.57. The van der Waals surface area contributed by atoms with Crippen LogP contribution in [0.3, 0.4) is 0 Å². The minimum absolute atomic E-state index is 0.338. The molecule has 1 heterocycles. The summed E-state index contributed by atoms with van der Waals surface area (Å²) in [6.45, 7) is 8.97. The van der Waals surface area contributed by atoms with Crippen molar-refractivity contribution in [3.8, 4) is 11.3 Å². The van der Waals surface area contributed by atoms with Gasteiger partial charge in [-0.2, -0.15) is 5.10 Å². The predicted molar refractivity (Wildman–Crippen MR) is 87.9 cm³/mol. The van der Waals surface area contributed by atoms with Gasteiger partial charge in [-0.1, -0.05) is 0 Å². The minimum atomic E-state index is -0.598. The molecule has 2 aromatic rings. The quantitative estimate of drug-likeness (QED) is 0.903. The molecule has 0 aliphatic carbocycles. The highest BCUT2D eigenvalue weighted by Crippen LogP contribution is 2.28. The number of nitrogens with zero attached hydrogens (tertiary/aromatic N) is 2. The monoisotopic (exact) mass is 319 g/mol. The van der Waals surface area contributed by atoms with E-state index in [1.54, 1.807) is 51.6 Å². The molecule has 0 saturated carbocycles. The Morgan fingerprint density at radius 3 is 2.43 bits per heavy atom. The molecule has 0 spiro atoms. The number of anilines is 1. The van der Waals surface area contributed by atoms with E-state index in [-0.39, 0.29) is 5.82 Å². The maximum Gasteiger partial charge on any atom is 0.412 e. The lowest BCUT2D eigenvalue weighted by Gasteiger charge is -2.20. The number of carbonyl (C=O) groups is 1. The number of rotatable bonds is 2. The van der Waals surface area contributed by atoms with Crippen molar-refractivity contribution in [3.63, 3.8) is 0 Å². The summed E-state index contributed by atoms with van der Waals surface area (Å²) in [5, 5.41) is 6.95. The topological polar surface area (TPSA) is 56.2 Å². The summed E-state index contributed by atoms with van der Waals surface area (Å²) < 4.78 is 21.2. The molecule has 0 atom stereocenters. The largest absolute Gasteiger partial charge is 0.444 e. The van der Waals surface area contributed by atoms with Gasteiger partial charge in [0, 0.05) is 24.0 Å². The Hall–Kier alpha value is -2.37. The van der Waals surface area contributed by atoms with E-state index in [0.717, 1.165) is 5.69 Å². The van der Waals surface area contributed by atoms with E-state index in [1.807, 2.05) is 6.92 Å². The van der Waals surface area contributed by atoms with Crippen LogP contribution in [-0.2, 0) is 11.8 Å². The van der Waals surface area contributed by atoms with Crippen LogP contribution < -0.4 is 5.32 Å². The molecule has 0 bridgehead atoms. The molecule has 1 aromatic carbocycles. The molecule has 0 unspecified atom stereocenters. The lowest BCUT2D eigenvalue weighted by atomic mass is 10.1. The third-order valence-electron chi connectivity index (χ3n) is 3.34. The Kier molecular flexibility index (Phi) is 4.45. The molecule has 1 amide bonds. The van der Waals surface area contributed by atoms with Gasteiger partial charge in [-0.05, 0) is 58.4 Å². The van der Waals surface area contributed by atoms with Gasteiger partial charge >= 0.3 is 6.09 Å². The zero-order chi connectivity index (χ0) is 17.4. The smallest absolute Gasteiger partial charge is 0.412 e. The fourth-order valence-corrected chi connectivity index (χ4v) is 2.11. The van der Waals surface area contributed by atoms with Crippen LogP contribution in [0.1, 0.15) is 32.0 Å². The summed E-state index contributed by atoms with van der Waals surface area (Å²) >= 11 is 0. The molecule has 1 N–H and O–H groups in total. The van der Waals surface area contributed by atoms with Gasteiger partial charge in [0.25, 0.3) is 0 Å².